The largest absolute Gasteiger partial charge is 0.490 e. The van der Waals surface area contributed by atoms with E-state index >= 15 is 0 Å². The van der Waals surface area contributed by atoms with Crippen molar-refractivity contribution in [3.8, 4) is 5.75 Å². The van der Waals surface area contributed by atoms with Crippen molar-refractivity contribution >= 4 is 0 Å². The average Bonchev–Trinajstić information content (AvgIpc) is 2.37. The molecule has 1 spiro atoms. The Hall–Kier alpha value is -1.13. The first-order valence-electron chi connectivity index (χ1n) is 7.36. The number of halogens is 1. The van der Waals surface area contributed by atoms with Gasteiger partial charge in [-0.25, -0.2) is 4.39 Å². The summed E-state index contributed by atoms with van der Waals surface area (Å²) in [5, 5.41) is 9.76. The zero-order valence-electron chi connectivity index (χ0n) is 11.8. The SMILES string of the molecule is C[C@H](O)c1ccc(F)cc1OC1CCOC2(CCC2)C1. The van der Waals surface area contributed by atoms with Gasteiger partial charge in [0.25, 0.3) is 0 Å². The number of ether oxygens (including phenoxy) is 2. The Morgan fingerprint density at radius 3 is 2.90 bits per heavy atom. The molecule has 0 aromatic heterocycles. The third-order valence-corrected chi connectivity index (χ3v) is 4.43. The lowest BCUT2D eigenvalue weighted by Gasteiger charge is -2.47. The molecule has 1 N–H and O–H groups in total. The van der Waals surface area contributed by atoms with E-state index in [0.29, 0.717) is 17.9 Å². The van der Waals surface area contributed by atoms with E-state index in [9.17, 15) is 9.50 Å². The molecule has 1 aliphatic carbocycles. The molecule has 1 saturated carbocycles. The van der Waals surface area contributed by atoms with Crippen LogP contribution in [0.15, 0.2) is 18.2 Å². The van der Waals surface area contributed by atoms with Gasteiger partial charge >= 0.3 is 0 Å². The Balaban J connectivity index is 1.75. The van der Waals surface area contributed by atoms with E-state index in [1.807, 2.05) is 0 Å². The van der Waals surface area contributed by atoms with E-state index in [1.165, 1.54) is 18.6 Å². The molecular formula is C16H21FO3. The molecule has 0 radical (unpaired) electrons. The molecule has 110 valence electrons. The van der Waals surface area contributed by atoms with Gasteiger partial charge in [0.1, 0.15) is 17.7 Å². The summed E-state index contributed by atoms with van der Waals surface area (Å²) in [4.78, 5) is 0. The van der Waals surface area contributed by atoms with Gasteiger partial charge in [0.2, 0.25) is 0 Å². The van der Waals surface area contributed by atoms with Crippen LogP contribution in [0.1, 0.15) is 50.7 Å². The van der Waals surface area contributed by atoms with E-state index in [4.69, 9.17) is 9.47 Å². The molecular weight excluding hydrogens is 259 g/mol. The zero-order valence-corrected chi connectivity index (χ0v) is 11.8. The van der Waals surface area contributed by atoms with Crippen LogP contribution in [0.3, 0.4) is 0 Å². The fourth-order valence-corrected chi connectivity index (χ4v) is 3.14. The summed E-state index contributed by atoms with van der Waals surface area (Å²) >= 11 is 0. The molecule has 0 bridgehead atoms. The smallest absolute Gasteiger partial charge is 0.128 e. The molecule has 1 unspecified atom stereocenters. The first kappa shape index (κ1) is 13.8. The molecule has 2 aliphatic rings. The third-order valence-electron chi connectivity index (χ3n) is 4.43. The maximum Gasteiger partial charge on any atom is 0.128 e. The van der Waals surface area contributed by atoms with Crippen LogP contribution in [-0.4, -0.2) is 23.4 Å². The molecule has 1 aromatic carbocycles. The van der Waals surface area contributed by atoms with Gasteiger partial charge in [0.15, 0.2) is 0 Å². The van der Waals surface area contributed by atoms with Gasteiger partial charge < -0.3 is 14.6 Å². The van der Waals surface area contributed by atoms with Crippen molar-refractivity contribution in [1.29, 1.82) is 0 Å². The summed E-state index contributed by atoms with van der Waals surface area (Å²) in [5.74, 6) is 0.121. The van der Waals surface area contributed by atoms with Crippen molar-refractivity contribution in [3.63, 3.8) is 0 Å². The van der Waals surface area contributed by atoms with Crippen molar-refractivity contribution in [1.82, 2.24) is 0 Å². The first-order chi connectivity index (χ1) is 9.58. The molecule has 3 rings (SSSR count). The van der Waals surface area contributed by atoms with E-state index < -0.39 is 6.10 Å². The number of hydrogen-bond acceptors (Lipinski definition) is 3. The minimum atomic E-state index is -0.664. The summed E-state index contributed by atoms with van der Waals surface area (Å²) in [5.41, 5.74) is 0.641. The van der Waals surface area contributed by atoms with Crippen molar-refractivity contribution in [2.45, 2.75) is 56.8 Å². The summed E-state index contributed by atoms with van der Waals surface area (Å²) in [6.07, 6.45) is 4.47. The molecule has 1 aliphatic heterocycles. The molecule has 1 heterocycles. The van der Waals surface area contributed by atoms with Gasteiger partial charge in [0, 0.05) is 24.5 Å². The highest BCUT2D eigenvalue weighted by Crippen LogP contribution is 2.43. The van der Waals surface area contributed by atoms with Gasteiger partial charge in [-0.15, -0.1) is 0 Å². The Labute approximate surface area is 118 Å². The maximum absolute atomic E-state index is 13.4. The predicted molar refractivity (Wildman–Crippen MR) is 73.2 cm³/mol. The Bertz CT molecular complexity index is 483. The second-order valence-corrected chi connectivity index (χ2v) is 5.98. The molecule has 3 nitrogen and oxygen atoms in total. The van der Waals surface area contributed by atoms with Crippen molar-refractivity contribution in [3.05, 3.63) is 29.6 Å². The summed E-state index contributed by atoms with van der Waals surface area (Å²) in [6, 6.07) is 4.31. The first-order valence-corrected chi connectivity index (χ1v) is 7.36. The number of aliphatic hydroxyl groups is 1. The van der Waals surface area contributed by atoms with Gasteiger partial charge in [-0.05, 0) is 38.3 Å². The van der Waals surface area contributed by atoms with Crippen LogP contribution in [0.5, 0.6) is 5.75 Å². The van der Waals surface area contributed by atoms with E-state index in [-0.39, 0.29) is 17.5 Å². The zero-order chi connectivity index (χ0) is 14.2. The van der Waals surface area contributed by atoms with Crippen molar-refractivity contribution < 1.29 is 19.0 Å². The Kier molecular flexibility index (Phi) is 3.69. The number of hydrogen-bond donors (Lipinski definition) is 1. The van der Waals surface area contributed by atoms with Gasteiger partial charge in [-0.2, -0.15) is 0 Å². The number of aliphatic hydroxyl groups excluding tert-OH is 1. The highest BCUT2D eigenvalue weighted by molar-refractivity contribution is 5.35. The second kappa shape index (κ2) is 5.34. The van der Waals surface area contributed by atoms with Crippen LogP contribution >= 0.6 is 0 Å². The molecule has 4 heteroatoms. The summed E-state index contributed by atoms with van der Waals surface area (Å²) < 4.78 is 25.3. The molecule has 1 saturated heterocycles. The topological polar surface area (TPSA) is 38.7 Å². The highest BCUT2D eigenvalue weighted by atomic mass is 19.1. The lowest BCUT2D eigenvalue weighted by Crippen LogP contribution is -2.48. The van der Waals surface area contributed by atoms with E-state index in [2.05, 4.69) is 0 Å². The van der Waals surface area contributed by atoms with Crippen molar-refractivity contribution in [2.75, 3.05) is 6.61 Å². The highest BCUT2D eigenvalue weighted by Gasteiger charge is 2.43. The maximum atomic E-state index is 13.4. The fraction of sp³-hybridized carbons (Fsp3) is 0.625. The quantitative estimate of drug-likeness (QED) is 0.922. The second-order valence-electron chi connectivity index (χ2n) is 5.98. The normalized spacial score (nSPS) is 26.1. The van der Waals surface area contributed by atoms with Crippen LogP contribution < -0.4 is 4.74 Å². The van der Waals surface area contributed by atoms with Gasteiger partial charge in [0.05, 0.1) is 18.3 Å². The third kappa shape index (κ3) is 2.67. The van der Waals surface area contributed by atoms with Crippen LogP contribution in [0.2, 0.25) is 0 Å². The van der Waals surface area contributed by atoms with Gasteiger partial charge in [-0.1, -0.05) is 0 Å². The Morgan fingerprint density at radius 2 is 2.25 bits per heavy atom. The van der Waals surface area contributed by atoms with Gasteiger partial charge in [-0.3, -0.25) is 0 Å². The van der Waals surface area contributed by atoms with E-state index in [1.54, 1.807) is 13.0 Å². The van der Waals surface area contributed by atoms with Crippen LogP contribution in [0.4, 0.5) is 4.39 Å². The molecule has 20 heavy (non-hydrogen) atoms. The molecule has 0 amide bonds. The minimum absolute atomic E-state index is 0.00123. The van der Waals surface area contributed by atoms with Crippen molar-refractivity contribution in [2.24, 2.45) is 0 Å². The summed E-state index contributed by atoms with van der Waals surface area (Å²) in [6.45, 7) is 2.36. The van der Waals surface area contributed by atoms with Crippen LogP contribution in [-0.2, 0) is 4.74 Å². The lowest BCUT2D eigenvalue weighted by molar-refractivity contribution is -0.153. The summed E-state index contributed by atoms with van der Waals surface area (Å²) in [7, 11) is 0. The molecule has 2 fully saturated rings. The van der Waals surface area contributed by atoms with E-state index in [0.717, 1.165) is 25.7 Å². The van der Waals surface area contributed by atoms with Crippen LogP contribution in [0.25, 0.3) is 0 Å². The minimum Gasteiger partial charge on any atom is -0.490 e. The predicted octanol–water partition coefficient (Wildman–Crippen LogP) is 3.36. The molecule has 2 atom stereocenters. The number of rotatable bonds is 3. The standard InChI is InChI=1S/C16H21FO3/c1-11(18)14-4-3-12(17)9-15(14)20-13-5-8-19-16(10-13)6-2-7-16/h3-4,9,11,13,18H,2,5-8,10H2,1H3/t11-,13?/m0/s1. The fourth-order valence-electron chi connectivity index (χ4n) is 3.14. The average molecular weight is 280 g/mol. The Morgan fingerprint density at radius 1 is 1.45 bits per heavy atom. The molecule has 1 aromatic rings. The monoisotopic (exact) mass is 280 g/mol. The number of benzene rings is 1. The lowest BCUT2D eigenvalue weighted by atomic mass is 9.74. The van der Waals surface area contributed by atoms with Crippen LogP contribution in [0, 0.1) is 5.82 Å².